The molecule has 2 rings (SSSR count). The molecule has 2 aromatic carbocycles. The average molecular weight is 335 g/mol. The zero-order chi connectivity index (χ0) is 17.7. The molecular weight excluding hydrogens is 320 g/mol. The van der Waals surface area contributed by atoms with Gasteiger partial charge in [0, 0.05) is 17.8 Å². The maximum absolute atomic E-state index is 13.1. The summed E-state index contributed by atoms with van der Waals surface area (Å²) in [4.78, 5) is 22.9. The fraction of sp³-hybridized carbons (Fsp3) is 0.125. The van der Waals surface area contributed by atoms with Crippen LogP contribution in [0.4, 0.5) is 19.3 Å². The Morgan fingerprint density at radius 1 is 1.08 bits per heavy atom. The van der Waals surface area contributed by atoms with Crippen LogP contribution in [-0.2, 0) is 0 Å². The topological polar surface area (TPSA) is 90.5 Å². The van der Waals surface area contributed by atoms with Crippen molar-refractivity contribution in [1.82, 2.24) is 10.9 Å². The lowest BCUT2D eigenvalue weighted by Gasteiger charge is -2.17. The first-order chi connectivity index (χ1) is 11.4. The zero-order valence-electron chi connectivity index (χ0n) is 12.6. The number of benzene rings is 2. The average Bonchev–Trinajstić information content (AvgIpc) is 2.51. The number of amides is 2. The van der Waals surface area contributed by atoms with E-state index >= 15 is 0 Å². The van der Waals surface area contributed by atoms with Crippen molar-refractivity contribution in [3.8, 4) is 0 Å². The van der Waals surface area contributed by atoms with Crippen LogP contribution in [0, 0.1) is 11.6 Å². The first kappa shape index (κ1) is 17.4. The highest BCUT2D eigenvalue weighted by molar-refractivity contribution is 5.90. The second-order valence-electron chi connectivity index (χ2n) is 5.00. The van der Waals surface area contributed by atoms with E-state index in [0.29, 0.717) is 11.6 Å². The molecule has 24 heavy (non-hydrogen) atoms. The lowest BCUT2D eigenvalue weighted by Crippen LogP contribution is -2.42. The van der Waals surface area contributed by atoms with E-state index in [4.69, 9.17) is 5.11 Å². The van der Waals surface area contributed by atoms with Crippen LogP contribution < -0.4 is 16.2 Å². The quantitative estimate of drug-likeness (QED) is 0.632. The predicted octanol–water partition coefficient (Wildman–Crippen LogP) is 3.05. The van der Waals surface area contributed by atoms with Crippen molar-refractivity contribution < 1.29 is 23.5 Å². The highest BCUT2D eigenvalue weighted by Gasteiger charge is 2.15. The monoisotopic (exact) mass is 335 g/mol. The Balaban J connectivity index is 1.97. The normalized spacial score (nSPS) is 11.6. The molecule has 0 aliphatic carbocycles. The molecule has 1 atom stereocenters. The Bertz CT molecular complexity index is 748. The fourth-order valence-electron chi connectivity index (χ4n) is 2.11. The third kappa shape index (κ3) is 4.50. The summed E-state index contributed by atoms with van der Waals surface area (Å²) in [5.41, 5.74) is 5.45. The molecule has 0 spiro atoms. The van der Waals surface area contributed by atoms with Gasteiger partial charge >= 0.3 is 12.0 Å². The summed E-state index contributed by atoms with van der Waals surface area (Å²) in [6, 6.07) is 7.69. The van der Waals surface area contributed by atoms with E-state index in [9.17, 15) is 18.4 Å². The first-order valence-electron chi connectivity index (χ1n) is 6.97. The number of urea groups is 1. The number of carboxylic acids is 1. The van der Waals surface area contributed by atoms with Gasteiger partial charge in [-0.2, -0.15) is 0 Å². The van der Waals surface area contributed by atoms with E-state index < -0.39 is 29.7 Å². The smallest absolute Gasteiger partial charge is 0.336 e. The molecule has 0 saturated heterocycles. The molecule has 4 N–H and O–H groups in total. The molecule has 0 bridgehead atoms. The number of nitrogens with one attached hydrogen (secondary N) is 3. The van der Waals surface area contributed by atoms with Crippen molar-refractivity contribution in [3.63, 3.8) is 0 Å². The molecule has 0 saturated carbocycles. The Kier molecular flexibility index (Phi) is 5.43. The number of halogens is 2. The van der Waals surface area contributed by atoms with E-state index in [2.05, 4.69) is 16.2 Å². The van der Waals surface area contributed by atoms with Gasteiger partial charge in [-0.1, -0.05) is 18.2 Å². The Hall–Kier alpha value is -3.00. The number of carbonyl (C=O) groups excluding carboxylic acids is 1. The summed E-state index contributed by atoms with van der Waals surface area (Å²) in [5, 5.41) is 11.4. The number of hydrazine groups is 1. The summed E-state index contributed by atoms with van der Waals surface area (Å²) in [7, 11) is 0. The minimum atomic E-state index is -1.08. The van der Waals surface area contributed by atoms with Gasteiger partial charge in [0.15, 0.2) is 0 Å². The third-order valence-electron chi connectivity index (χ3n) is 3.18. The number of carboxylic acid groups (broad SMARTS) is 1. The van der Waals surface area contributed by atoms with Crippen LogP contribution >= 0.6 is 0 Å². The summed E-state index contributed by atoms with van der Waals surface area (Å²) in [5.74, 6) is -2.72. The second-order valence-corrected chi connectivity index (χ2v) is 5.00. The van der Waals surface area contributed by atoms with Gasteiger partial charge in [0.05, 0.1) is 5.56 Å². The van der Waals surface area contributed by atoms with Gasteiger partial charge in [-0.3, -0.25) is 5.43 Å². The molecule has 1 unspecified atom stereocenters. The second kappa shape index (κ2) is 7.51. The van der Waals surface area contributed by atoms with Crippen LogP contribution in [-0.4, -0.2) is 17.1 Å². The van der Waals surface area contributed by atoms with Crippen LogP contribution in [0.25, 0.3) is 0 Å². The van der Waals surface area contributed by atoms with Crippen molar-refractivity contribution in [2.24, 2.45) is 0 Å². The van der Waals surface area contributed by atoms with E-state index in [-0.39, 0.29) is 11.3 Å². The maximum atomic E-state index is 13.1. The summed E-state index contributed by atoms with van der Waals surface area (Å²) < 4.78 is 26.1. The Labute approximate surface area is 136 Å². The molecule has 0 aromatic heterocycles. The van der Waals surface area contributed by atoms with Gasteiger partial charge in [0.1, 0.15) is 11.6 Å². The SMILES string of the molecule is CC(NNC(=O)Nc1cc(F)cc(F)c1)c1ccccc1C(=O)O. The van der Waals surface area contributed by atoms with E-state index in [1.165, 1.54) is 6.07 Å². The maximum Gasteiger partial charge on any atom is 0.336 e. The number of hydrogen-bond acceptors (Lipinski definition) is 3. The number of rotatable bonds is 5. The molecule has 0 fully saturated rings. The van der Waals surface area contributed by atoms with E-state index in [0.717, 1.165) is 12.1 Å². The first-order valence-corrected chi connectivity index (χ1v) is 6.97. The summed E-state index contributed by atoms with van der Waals surface area (Å²) >= 11 is 0. The molecule has 0 aliphatic heterocycles. The van der Waals surface area contributed by atoms with Gasteiger partial charge in [-0.05, 0) is 30.7 Å². The number of anilines is 1. The van der Waals surface area contributed by atoms with Crippen molar-refractivity contribution in [1.29, 1.82) is 0 Å². The third-order valence-corrected chi connectivity index (χ3v) is 3.18. The molecular formula is C16H15F2N3O3. The van der Waals surface area contributed by atoms with Crippen LogP contribution in [0.3, 0.4) is 0 Å². The fourth-order valence-corrected chi connectivity index (χ4v) is 2.11. The molecule has 0 heterocycles. The highest BCUT2D eigenvalue weighted by Crippen LogP contribution is 2.17. The molecule has 8 heteroatoms. The zero-order valence-corrected chi connectivity index (χ0v) is 12.6. The lowest BCUT2D eigenvalue weighted by atomic mass is 10.0. The van der Waals surface area contributed by atoms with Crippen molar-refractivity contribution in [3.05, 3.63) is 65.2 Å². The van der Waals surface area contributed by atoms with Gasteiger partial charge in [-0.25, -0.2) is 23.8 Å². The minimum absolute atomic E-state index is 0.0506. The summed E-state index contributed by atoms with van der Waals surface area (Å²) in [6.07, 6.45) is 0. The molecule has 2 amide bonds. The van der Waals surface area contributed by atoms with Gasteiger partial charge < -0.3 is 10.4 Å². The predicted molar refractivity (Wildman–Crippen MR) is 83.5 cm³/mol. The molecule has 6 nitrogen and oxygen atoms in total. The molecule has 0 aliphatic rings. The standard InChI is InChI=1S/C16H15F2N3O3/c1-9(13-4-2-3-5-14(13)15(22)23)20-21-16(24)19-12-7-10(17)6-11(18)8-12/h2-9,20H,1H3,(H,22,23)(H2,19,21,24). The number of hydrogen-bond donors (Lipinski definition) is 4. The highest BCUT2D eigenvalue weighted by atomic mass is 19.1. The Morgan fingerprint density at radius 3 is 2.33 bits per heavy atom. The number of carbonyl (C=O) groups is 2. The molecule has 126 valence electrons. The van der Waals surface area contributed by atoms with Crippen LogP contribution in [0.2, 0.25) is 0 Å². The lowest BCUT2D eigenvalue weighted by molar-refractivity contribution is 0.0695. The largest absolute Gasteiger partial charge is 0.478 e. The van der Waals surface area contributed by atoms with Crippen LogP contribution in [0.15, 0.2) is 42.5 Å². The van der Waals surface area contributed by atoms with Crippen molar-refractivity contribution in [2.45, 2.75) is 13.0 Å². The Morgan fingerprint density at radius 2 is 1.71 bits per heavy atom. The van der Waals surface area contributed by atoms with Crippen molar-refractivity contribution in [2.75, 3.05) is 5.32 Å². The van der Waals surface area contributed by atoms with Crippen molar-refractivity contribution >= 4 is 17.7 Å². The number of aromatic carboxylic acids is 1. The van der Waals surface area contributed by atoms with E-state index in [1.807, 2.05) is 0 Å². The summed E-state index contributed by atoms with van der Waals surface area (Å²) in [6.45, 7) is 1.66. The van der Waals surface area contributed by atoms with Gasteiger partial charge in [-0.15, -0.1) is 0 Å². The van der Waals surface area contributed by atoms with Crippen LogP contribution in [0.1, 0.15) is 28.9 Å². The van der Waals surface area contributed by atoms with Gasteiger partial charge in [0.2, 0.25) is 0 Å². The minimum Gasteiger partial charge on any atom is -0.478 e. The molecule has 2 aromatic rings. The van der Waals surface area contributed by atoms with E-state index in [1.54, 1.807) is 25.1 Å². The van der Waals surface area contributed by atoms with Crippen LogP contribution in [0.5, 0.6) is 0 Å². The molecule has 0 radical (unpaired) electrons. The van der Waals surface area contributed by atoms with Gasteiger partial charge in [0.25, 0.3) is 0 Å².